The average molecular weight is 256 g/mol. The highest BCUT2D eigenvalue weighted by Gasteiger charge is 2.17. The van der Waals surface area contributed by atoms with Crippen molar-refractivity contribution in [2.45, 2.75) is 47.5 Å². The molecule has 2 nitrogen and oxygen atoms in total. The summed E-state index contributed by atoms with van der Waals surface area (Å²) in [7, 11) is 0. The van der Waals surface area contributed by atoms with E-state index in [1.165, 1.54) is 27.8 Å². The molecule has 0 bridgehead atoms. The first kappa shape index (κ1) is 13.9. The standard InChI is InChI=1S/C17H24N2/c1-7-18-17-14(10(2)3)13(6)19-16-12(5)9-8-11(4)15(16)17/h8-10H,7H2,1-6H3,(H,18,19). The molecule has 0 aliphatic carbocycles. The van der Waals surface area contributed by atoms with E-state index < -0.39 is 0 Å². The fraction of sp³-hybridized carbons (Fsp3) is 0.471. The number of rotatable bonds is 3. The van der Waals surface area contributed by atoms with Crippen LogP contribution >= 0.6 is 0 Å². The number of benzene rings is 1. The second-order valence-corrected chi connectivity index (χ2v) is 5.59. The predicted molar refractivity (Wildman–Crippen MR) is 84.2 cm³/mol. The minimum Gasteiger partial charge on any atom is -0.384 e. The molecule has 0 saturated carbocycles. The van der Waals surface area contributed by atoms with E-state index in [-0.39, 0.29) is 0 Å². The van der Waals surface area contributed by atoms with Crippen LogP contribution in [0.5, 0.6) is 0 Å². The van der Waals surface area contributed by atoms with Gasteiger partial charge in [-0.05, 0) is 50.3 Å². The van der Waals surface area contributed by atoms with Gasteiger partial charge in [-0.3, -0.25) is 4.98 Å². The second-order valence-electron chi connectivity index (χ2n) is 5.59. The molecule has 1 N–H and O–H groups in total. The van der Waals surface area contributed by atoms with Gasteiger partial charge in [0, 0.05) is 23.3 Å². The predicted octanol–water partition coefficient (Wildman–Crippen LogP) is 4.72. The molecule has 1 aromatic carbocycles. The molecule has 1 heterocycles. The van der Waals surface area contributed by atoms with E-state index >= 15 is 0 Å². The minimum atomic E-state index is 0.478. The van der Waals surface area contributed by atoms with Gasteiger partial charge in [0.15, 0.2) is 0 Å². The van der Waals surface area contributed by atoms with E-state index in [9.17, 15) is 0 Å². The van der Waals surface area contributed by atoms with Crippen LogP contribution in [0.2, 0.25) is 0 Å². The van der Waals surface area contributed by atoms with E-state index in [1.807, 2.05) is 0 Å². The quantitative estimate of drug-likeness (QED) is 0.859. The smallest absolute Gasteiger partial charge is 0.0757 e. The lowest BCUT2D eigenvalue weighted by Crippen LogP contribution is -2.08. The first-order valence-electron chi connectivity index (χ1n) is 7.11. The molecule has 0 radical (unpaired) electrons. The van der Waals surface area contributed by atoms with Crippen molar-refractivity contribution < 1.29 is 0 Å². The van der Waals surface area contributed by atoms with Crippen LogP contribution < -0.4 is 5.32 Å². The van der Waals surface area contributed by atoms with Crippen LogP contribution in [0.25, 0.3) is 10.9 Å². The monoisotopic (exact) mass is 256 g/mol. The molecule has 0 spiro atoms. The largest absolute Gasteiger partial charge is 0.384 e. The van der Waals surface area contributed by atoms with Gasteiger partial charge in [0.25, 0.3) is 0 Å². The van der Waals surface area contributed by atoms with Crippen molar-refractivity contribution in [1.82, 2.24) is 4.98 Å². The highest BCUT2D eigenvalue weighted by atomic mass is 14.9. The van der Waals surface area contributed by atoms with Crippen LogP contribution in [0.15, 0.2) is 12.1 Å². The SMILES string of the molecule is CCNc1c(C(C)C)c(C)nc2c(C)ccc(C)c12. The maximum absolute atomic E-state index is 4.86. The Labute approximate surface area is 116 Å². The van der Waals surface area contributed by atoms with Crippen LogP contribution in [0.4, 0.5) is 5.69 Å². The number of anilines is 1. The number of aryl methyl sites for hydroxylation is 3. The van der Waals surface area contributed by atoms with Gasteiger partial charge >= 0.3 is 0 Å². The number of pyridine rings is 1. The molecule has 0 atom stereocenters. The zero-order valence-corrected chi connectivity index (χ0v) is 12.9. The molecule has 0 aliphatic heterocycles. The lowest BCUT2D eigenvalue weighted by atomic mass is 9.94. The van der Waals surface area contributed by atoms with Crippen molar-refractivity contribution in [2.24, 2.45) is 0 Å². The molecular weight excluding hydrogens is 232 g/mol. The Morgan fingerprint density at radius 2 is 1.74 bits per heavy atom. The van der Waals surface area contributed by atoms with Crippen molar-refractivity contribution in [2.75, 3.05) is 11.9 Å². The Kier molecular flexibility index (Phi) is 3.79. The molecule has 0 saturated heterocycles. The van der Waals surface area contributed by atoms with Gasteiger partial charge in [-0.25, -0.2) is 0 Å². The summed E-state index contributed by atoms with van der Waals surface area (Å²) in [6.45, 7) is 14.0. The summed E-state index contributed by atoms with van der Waals surface area (Å²) in [4.78, 5) is 4.86. The number of nitrogens with one attached hydrogen (secondary N) is 1. The summed E-state index contributed by atoms with van der Waals surface area (Å²) >= 11 is 0. The summed E-state index contributed by atoms with van der Waals surface area (Å²) in [5.74, 6) is 0.478. The van der Waals surface area contributed by atoms with E-state index in [1.54, 1.807) is 0 Å². The van der Waals surface area contributed by atoms with Gasteiger partial charge in [-0.2, -0.15) is 0 Å². The molecule has 2 aromatic rings. The van der Waals surface area contributed by atoms with Gasteiger partial charge in [0.05, 0.1) is 5.52 Å². The van der Waals surface area contributed by atoms with Crippen molar-refractivity contribution in [3.8, 4) is 0 Å². The van der Waals surface area contributed by atoms with Crippen molar-refractivity contribution in [3.05, 3.63) is 34.5 Å². The molecule has 2 rings (SSSR count). The Hall–Kier alpha value is -1.57. The summed E-state index contributed by atoms with van der Waals surface area (Å²) in [5, 5.41) is 4.86. The number of hydrogen-bond acceptors (Lipinski definition) is 2. The fourth-order valence-electron chi connectivity index (χ4n) is 2.87. The molecule has 0 unspecified atom stereocenters. The minimum absolute atomic E-state index is 0.478. The number of hydrogen-bond donors (Lipinski definition) is 1. The van der Waals surface area contributed by atoms with Crippen molar-refractivity contribution in [1.29, 1.82) is 0 Å². The van der Waals surface area contributed by atoms with Crippen molar-refractivity contribution in [3.63, 3.8) is 0 Å². The highest BCUT2D eigenvalue weighted by Crippen LogP contribution is 2.36. The second kappa shape index (κ2) is 5.20. The molecule has 0 amide bonds. The van der Waals surface area contributed by atoms with Gasteiger partial charge < -0.3 is 5.32 Å². The third kappa shape index (κ3) is 2.32. The lowest BCUT2D eigenvalue weighted by Gasteiger charge is -2.20. The maximum Gasteiger partial charge on any atom is 0.0757 e. The first-order valence-corrected chi connectivity index (χ1v) is 7.11. The van der Waals surface area contributed by atoms with E-state index in [0.29, 0.717) is 5.92 Å². The van der Waals surface area contributed by atoms with Crippen molar-refractivity contribution >= 4 is 16.6 Å². The van der Waals surface area contributed by atoms with Gasteiger partial charge in [0.2, 0.25) is 0 Å². The Bertz CT molecular complexity index is 612. The molecule has 0 fully saturated rings. The van der Waals surface area contributed by atoms with Crippen LogP contribution in [0, 0.1) is 20.8 Å². The Morgan fingerprint density at radius 1 is 1.11 bits per heavy atom. The van der Waals surface area contributed by atoms with Crippen LogP contribution in [-0.4, -0.2) is 11.5 Å². The molecule has 2 heteroatoms. The first-order chi connectivity index (χ1) is 8.97. The topological polar surface area (TPSA) is 24.9 Å². The van der Waals surface area contributed by atoms with Gasteiger partial charge in [0.1, 0.15) is 0 Å². The molecule has 102 valence electrons. The Balaban J connectivity index is 2.94. The molecule has 19 heavy (non-hydrogen) atoms. The molecule has 1 aromatic heterocycles. The lowest BCUT2D eigenvalue weighted by molar-refractivity contribution is 0.847. The van der Waals surface area contributed by atoms with Gasteiger partial charge in [-0.15, -0.1) is 0 Å². The average Bonchev–Trinajstić information content (AvgIpc) is 2.33. The third-order valence-corrected chi connectivity index (χ3v) is 3.71. The zero-order chi connectivity index (χ0) is 14.2. The van der Waals surface area contributed by atoms with Crippen LogP contribution in [0.1, 0.15) is 49.1 Å². The zero-order valence-electron chi connectivity index (χ0n) is 12.9. The normalized spacial score (nSPS) is 11.3. The number of fused-ring (bicyclic) bond motifs is 1. The molecule has 0 aliphatic rings. The fourth-order valence-corrected chi connectivity index (χ4v) is 2.87. The summed E-state index contributed by atoms with van der Waals surface area (Å²) in [6, 6.07) is 4.36. The van der Waals surface area contributed by atoms with Crippen LogP contribution in [-0.2, 0) is 0 Å². The van der Waals surface area contributed by atoms with Crippen LogP contribution in [0.3, 0.4) is 0 Å². The van der Waals surface area contributed by atoms with E-state index in [2.05, 4.69) is 59.0 Å². The molecular formula is C17H24N2. The summed E-state index contributed by atoms with van der Waals surface area (Å²) < 4.78 is 0. The van der Waals surface area contributed by atoms with E-state index in [4.69, 9.17) is 4.98 Å². The van der Waals surface area contributed by atoms with E-state index in [0.717, 1.165) is 17.8 Å². The summed E-state index contributed by atoms with van der Waals surface area (Å²) in [6.07, 6.45) is 0. The highest BCUT2D eigenvalue weighted by molar-refractivity contribution is 5.97. The summed E-state index contributed by atoms with van der Waals surface area (Å²) in [5.41, 5.74) is 7.46. The maximum atomic E-state index is 4.86. The Morgan fingerprint density at radius 3 is 2.32 bits per heavy atom. The third-order valence-electron chi connectivity index (χ3n) is 3.71. The number of aromatic nitrogens is 1. The van der Waals surface area contributed by atoms with Gasteiger partial charge in [-0.1, -0.05) is 26.0 Å². The number of nitrogens with zero attached hydrogens (tertiary/aromatic N) is 1.